The molecule has 0 spiro atoms. The second kappa shape index (κ2) is 6.31. The molecule has 136 valence electrons. The molecule has 1 saturated carbocycles. The summed E-state index contributed by atoms with van der Waals surface area (Å²) in [4.78, 5) is 15.5. The Balaban J connectivity index is 1.45. The van der Waals surface area contributed by atoms with Gasteiger partial charge in [0.1, 0.15) is 5.76 Å². The molecule has 1 aliphatic rings. The van der Waals surface area contributed by atoms with E-state index in [-0.39, 0.29) is 11.3 Å². The highest BCUT2D eigenvalue weighted by atomic mass is 16.5. The first kappa shape index (κ1) is 16.9. The van der Waals surface area contributed by atoms with E-state index in [0.29, 0.717) is 12.5 Å². The molecular formula is C21H25N3O2. The van der Waals surface area contributed by atoms with Crippen LogP contribution in [-0.2, 0) is 17.8 Å². The summed E-state index contributed by atoms with van der Waals surface area (Å²) >= 11 is 0. The van der Waals surface area contributed by atoms with Gasteiger partial charge in [0.15, 0.2) is 0 Å². The van der Waals surface area contributed by atoms with Crippen LogP contribution in [0.3, 0.4) is 0 Å². The van der Waals surface area contributed by atoms with E-state index in [1.54, 1.807) is 0 Å². The van der Waals surface area contributed by atoms with Crippen LogP contribution in [0.5, 0.6) is 0 Å². The number of rotatable bonds is 6. The molecule has 2 heterocycles. The van der Waals surface area contributed by atoms with Gasteiger partial charge in [-0.1, -0.05) is 31.1 Å². The first-order chi connectivity index (χ1) is 12.4. The second-order valence-electron chi connectivity index (χ2n) is 7.92. The van der Waals surface area contributed by atoms with E-state index in [1.165, 1.54) is 10.9 Å². The molecule has 0 aliphatic heterocycles. The summed E-state index contributed by atoms with van der Waals surface area (Å²) in [6, 6.07) is 10.6. The highest BCUT2D eigenvalue weighted by Crippen LogP contribution is 2.45. The monoisotopic (exact) mass is 351 g/mol. The van der Waals surface area contributed by atoms with Gasteiger partial charge in [-0.05, 0) is 55.2 Å². The lowest BCUT2D eigenvalue weighted by atomic mass is 9.95. The molecule has 5 heteroatoms. The maximum Gasteiger partial charge on any atom is 0.226 e. The molecule has 2 aromatic heterocycles. The van der Waals surface area contributed by atoms with Gasteiger partial charge in [-0.15, -0.1) is 0 Å². The van der Waals surface area contributed by atoms with Crippen molar-refractivity contribution in [2.45, 2.75) is 52.5 Å². The molecular weight excluding hydrogens is 326 g/mol. The van der Waals surface area contributed by atoms with Crippen molar-refractivity contribution in [3.05, 3.63) is 53.0 Å². The van der Waals surface area contributed by atoms with Crippen LogP contribution in [0.1, 0.15) is 55.3 Å². The van der Waals surface area contributed by atoms with E-state index in [2.05, 4.69) is 46.6 Å². The van der Waals surface area contributed by atoms with E-state index >= 15 is 0 Å². The summed E-state index contributed by atoms with van der Waals surface area (Å²) in [5.41, 5.74) is 4.26. The SMILES string of the molecule is Cc1cc(CC(C)c2ccc3cc(CNC(=O)C4(C)CC4)[nH]c3c2)no1. The number of amides is 1. The number of aromatic amines is 1. The molecule has 1 atom stereocenters. The van der Waals surface area contributed by atoms with Gasteiger partial charge < -0.3 is 14.8 Å². The molecule has 2 N–H and O–H groups in total. The fraction of sp³-hybridized carbons (Fsp3) is 0.429. The number of nitrogens with one attached hydrogen (secondary N) is 2. The Hall–Kier alpha value is -2.56. The van der Waals surface area contributed by atoms with E-state index in [0.717, 1.165) is 41.9 Å². The van der Waals surface area contributed by atoms with Gasteiger partial charge >= 0.3 is 0 Å². The Morgan fingerprint density at radius 1 is 1.35 bits per heavy atom. The quantitative estimate of drug-likeness (QED) is 0.698. The van der Waals surface area contributed by atoms with E-state index < -0.39 is 0 Å². The van der Waals surface area contributed by atoms with Gasteiger partial charge in [-0.25, -0.2) is 0 Å². The highest BCUT2D eigenvalue weighted by Gasteiger charge is 2.44. The minimum absolute atomic E-state index is 0.131. The van der Waals surface area contributed by atoms with Gasteiger partial charge in [0.2, 0.25) is 5.91 Å². The predicted octanol–water partition coefficient (Wildman–Crippen LogP) is 4.23. The summed E-state index contributed by atoms with van der Waals surface area (Å²) in [5.74, 6) is 1.36. The summed E-state index contributed by atoms with van der Waals surface area (Å²) in [6.07, 6.45) is 2.85. The number of H-pyrrole nitrogens is 1. The summed E-state index contributed by atoms with van der Waals surface area (Å²) in [6.45, 7) is 6.69. The van der Waals surface area contributed by atoms with Gasteiger partial charge in [0, 0.05) is 22.7 Å². The van der Waals surface area contributed by atoms with Gasteiger partial charge in [0.25, 0.3) is 0 Å². The molecule has 1 amide bonds. The van der Waals surface area contributed by atoms with Crippen LogP contribution in [-0.4, -0.2) is 16.0 Å². The van der Waals surface area contributed by atoms with Gasteiger partial charge in [-0.3, -0.25) is 4.79 Å². The fourth-order valence-corrected chi connectivity index (χ4v) is 3.36. The van der Waals surface area contributed by atoms with Crippen molar-refractivity contribution < 1.29 is 9.32 Å². The summed E-state index contributed by atoms with van der Waals surface area (Å²) in [7, 11) is 0. The first-order valence-electron chi connectivity index (χ1n) is 9.25. The van der Waals surface area contributed by atoms with Crippen molar-refractivity contribution in [3.8, 4) is 0 Å². The van der Waals surface area contributed by atoms with Crippen molar-refractivity contribution >= 4 is 16.8 Å². The maximum absolute atomic E-state index is 12.1. The average Bonchev–Trinajstić information content (AvgIpc) is 3.04. The average molecular weight is 351 g/mol. The molecule has 4 rings (SSSR count). The molecule has 0 radical (unpaired) electrons. The molecule has 0 bridgehead atoms. The number of nitrogens with zero attached hydrogens (tertiary/aromatic N) is 1. The van der Waals surface area contributed by atoms with E-state index in [1.807, 2.05) is 19.9 Å². The van der Waals surface area contributed by atoms with Crippen LogP contribution < -0.4 is 5.32 Å². The van der Waals surface area contributed by atoms with Crippen LogP contribution in [0.2, 0.25) is 0 Å². The Morgan fingerprint density at radius 3 is 2.85 bits per heavy atom. The molecule has 26 heavy (non-hydrogen) atoms. The smallest absolute Gasteiger partial charge is 0.226 e. The minimum Gasteiger partial charge on any atom is -0.361 e. The van der Waals surface area contributed by atoms with Gasteiger partial charge in [0.05, 0.1) is 12.2 Å². The zero-order valence-electron chi connectivity index (χ0n) is 15.6. The Morgan fingerprint density at radius 2 is 2.15 bits per heavy atom. The van der Waals surface area contributed by atoms with E-state index in [9.17, 15) is 4.79 Å². The molecule has 1 aliphatic carbocycles. The van der Waals surface area contributed by atoms with Crippen LogP contribution >= 0.6 is 0 Å². The lowest BCUT2D eigenvalue weighted by molar-refractivity contribution is -0.125. The highest BCUT2D eigenvalue weighted by molar-refractivity contribution is 5.85. The molecule has 5 nitrogen and oxygen atoms in total. The Kier molecular flexibility index (Phi) is 4.10. The zero-order valence-corrected chi connectivity index (χ0v) is 15.6. The zero-order chi connectivity index (χ0) is 18.3. The number of aromatic nitrogens is 2. The van der Waals surface area contributed by atoms with Crippen LogP contribution in [0.25, 0.3) is 10.9 Å². The molecule has 3 aromatic rings. The van der Waals surface area contributed by atoms with Crippen molar-refractivity contribution in [1.82, 2.24) is 15.5 Å². The van der Waals surface area contributed by atoms with E-state index in [4.69, 9.17) is 4.52 Å². The second-order valence-corrected chi connectivity index (χ2v) is 7.92. The number of hydrogen-bond acceptors (Lipinski definition) is 3. The third-order valence-electron chi connectivity index (χ3n) is 5.45. The Labute approximate surface area is 153 Å². The number of carbonyl (C=O) groups excluding carboxylic acids is 1. The van der Waals surface area contributed by atoms with Crippen LogP contribution in [0, 0.1) is 12.3 Å². The number of hydrogen-bond donors (Lipinski definition) is 2. The number of carbonyl (C=O) groups is 1. The fourth-order valence-electron chi connectivity index (χ4n) is 3.36. The number of aryl methyl sites for hydroxylation is 1. The largest absolute Gasteiger partial charge is 0.361 e. The van der Waals surface area contributed by atoms with Gasteiger partial charge in [-0.2, -0.15) is 0 Å². The molecule has 1 unspecified atom stereocenters. The molecule has 1 aromatic carbocycles. The predicted molar refractivity (Wildman–Crippen MR) is 101 cm³/mol. The van der Waals surface area contributed by atoms with Crippen molar-refractivity contribution in [2.24, 2.45) is 5.41 Å². The third kappa shape index (κ3) is 3.39. The molecule has 0 saturated heterocycles. The van der Waals surface area contributed by atoms with Crippen molar-refractivity contribution in [1.29, 1.82) is 0 Å². The number of benzene rings is 1. The normalized spacial score (nSPS) is 16.6. The topological polar surface area (TPSA) is 70.9 Å². The lowest BCUT2D eigenvalue weighted by Gasteiger charge is -2.10. The minimum atomic E-state index is -0.131. The standard InChI is InChI=1S/C21H25N3O2/c1-13(8-17-9-14(2)26-24-17)15-4-5-16-10-18(23-19(16)11-15)12-22-20(25)21(3)6-7-21/h4-5,9-11,13,23H,6-8,12H2,1-3H3,(H,22,25). The third-order valence-corrected chi connectivity index (χ3v) is 5.45. The Bertz CT molecular complexity index is 949. The van der Waals surface area contributed by atoms with Crippen LogP contribution in [0.4, 0.5) is 0 Å². The molecule has 1 fully saturated rings. The lowest BCUT2D eigenvalue weighted by Crippen LogP contribution is -2.29. The first-order valence-corrected chi connectivity index (χ1v) is 9.25. The van der Waals surface area contributed by atoms with Crippen molar-refractivity contribution in [2.75, 3.05) is 0 Å². The summed E-state index contributed by atoms with van der Waals surface area (Å²) < 4.78 is 5.16. The summed E-state index contributed by atoms with van der Waals surface area (Å²) in [5, 5.41) is 8.30. The maximum atomic E-state index is 12.1. The number of fused-ring (bicyclic) bond motifs is 1. The van der Waals surface area contributed by atoms with Crippen molar-refractivity contribution in [3.63, 3.8) is 0 Å². The van der Waals surface area contributed by atoms with Crippen LogP contribution in [0.15, 0.2) is 34.9 Å².